The van der Waals surface area contributed by atoms with Gasteiger partial charge in [0.25, 0.3) is 0 Å². The number of hydrogen-bond donors (Lipinski definition) is 0. The highest BCUT2D eigenvalue weighted by atomic mass is 16.3. The number of hydrogen-bond acceptors (Lipinski definition) is 4. The molecule has 0 N–H and O–H groups in total. The molecule has 1 aliphatic carbocycles. The molecule has 0 amide bonds. The smallest absolute Gasteiger partial charge is 0.203 e. The maximum Gasteiger partial charge on any atom is 0.203 e. The number of carbonyl (C=O) groups excluding carboxylic acids is 1. The molecule has 1 heterocycles. The number of ketones is 1. The van der Waals surface area contributed by atoms with Gasteiger partial charge in [0.1, 0.15) is 12.3 Å². The van der Waals surface area contributed by atoms with E-state index in [0.717, 1.165) is 0 Å². The predicted octanol–water partition coefficient (Wildman–Crippen LogP) is 0.976. The lowest BCUT2D eigenvalue weighted by molar-refractivity contribution is -0.305. The van der Waals surface area contributed by atoms with Crippen LogP contribution in [0.25, 0.3) is 5.57 Å². The highest BCUT2D eigenvalue weighted by molar-refractivity contribution is 6.21. The van der Waals surface area contributed by atoms with Crippen molar-refractivity contribution >= 4 is 11.4 Å². The van der Waals surface area contributed by atoms with Crippen LogP contribution in [0.5, 0.6) is 0 Å². The summed E-state index contributed by atoms with van der Waals surface area (Å²) in [6.07, 6.45) is 2.70. The summed E-state index contributed by atoms with van der Waals surface area (Å²) in [5.41, 5.74) is 0.618. The van der Waals surface area contributed by atoms with Crippen molar-refractivity contribution in [1.29, 1.82) is 5.26 Å². The van der Waals surface area contributed by atoms with Crippen molar-refractivity contribution in [2.45, 2.75) is 19.3 Å². The molecule has 15 heavy (non-hydrogen) atoms. The minimum Gasteiger partial charge on any atom is -0.875 e. The summed E-state index contributed by atoms with van der Waals surface area (Å²) in [6, 6.07) is 3.24. The highest BCUT2D eigenvalue weighted by Crippen LogP contribution is 2.27. The molecule has 0 atom stereocenters. The molecule has 4 nitrogen and oxygen atoms in total. The first-order valence-electron chi connectivity index (χ1n) is 4.64. The number of furan rings is 1. The van der Waals surface area contributed by atoms with Crippen LogP contribution in [0.4, 0.5) is 0 Å². The second-order valence-corrected chi connectivity index (χ2v) is 3.39. The molecule has 1 aromatic rings. The monoisotopic (exact) mass is 202 g/mol. The fourth-order valence-corrected chi connectivity index (χ4v) is 1.66. The molecule has 1 aromatic heterocycles. The van der Waals surface area contributed by atoms with E-state index < -0.39 is 0 Å². The Morgan fingerprint density at radius 3 is 2.87 bits per heavy atom. The van der Waals surface area contributed by atoms with Gasteiger partial charge in [-0.3, -0.25) is 4.79 Å². The predicted molar refractivity (Wildman–Crippen MR) is 49.2 cm³/mol. The van der Waals surface area contributed by atoms with E-state index in [1.807, 2.05) is 6.07 Å². The van der Waals surface area contributed by atoms with E-state index in [1.165, 1.54) is 12.3 Å². The minimum atomic E-state index is -0.156. The van der Waals surface area contributed by atoms with Crippen LogP contribution in [0, 0.1) is 11.3 Å². The molecule has 0 spiro atoms. The third-order valence-corrected chi connectivity index (χ3v) is 2.36. The zero-order valence-electron chi connectivity index (χ0n) is 7.95. The van der Waals surface area contributed by atoms with E-state index >= 15 is 0 Å². The quantitative estimate of drug-likeness (QED) is 0.679. The summed E-state index contributed by atoms with van der Waals surface area (Å²) in [5.74, 6) is -0.197. The molecular weight excluding hydrogens is 194 g/mol. The molecule has 0 radical (unpaired) electrons. The Bertz CT molecular complexity index is 476. The van der Waals surface area contributed by atoms with Crippen LogP contribution in [0.3, 0.4) is 0 Å². The SMILES string of the molecule is N#Cc1cc(C2=C([O-])CCCC2=O)co1. The number of Topliss-reactive ketones (excluding diaryl/α,β-unsaturated/α-hetero) is 1. The van der Waals surface area contributed by atoms with Crippen LogP contribution in [0.2, 0.25) is 0 Å². The lowest BCUT2D eigenvalue weighted by Gasteiger charge is -2.22. The molecule has 76 valence electrons. The van der Waals surface area contributed by atoms with Gasteiger partial charge < -0.3 is 9.52 Å². The minimum absolute atomic E-state index is 0.115. The Morgan fingerprint density at radius 2 is 2.27 bits per heavy atom. The van der Waals surface area contributed by atoms with Crippen molar-refractivity contribution in [3.05, 3.63) is 29.4 Å². The average molecular weight is 202 g/mol. The van der Waals surface area contributed by atoms with Gasteiger partial charge in [0.2, 0.25) is 5.76 Å². The lowest BCUT2D eigenvalue weighted by Crippen LogP contribution is -2.17. The molecule has 0 aliphatic heterocycles. The summed E-state index contributed by atoms with van der Waals surface area (Å²) < 4.78 is 4.88. The molecule has 4 heteroatoms. The van der Waals surface area contributed by atoms with Crippen LogP contribution in [0.15, 0.2) is 22.5 Å². The molecule has 0 saturated heterocycles. The zero-order chi connectivity index (χ0) is 10.8. The van der Waals surface area contributed by atoms with Crippen molar-refractivity contribution < 1.29 is 14.3 Å². The van der Waals surface area contributed by atoms with E-state index in [4.69, 9.17) is 9.68 Å². The molecule has 0 saturated carbocycles. The molecule has 2 rings (SSSR count). The molecule has 0 aromatic carbocycles. The van der Waals surface area contributed by atoms with Crippen molar-refractivity contribution in [2.75, 3.05) is 0 Å². The van der Waals surface area contributed by atoms with Gasteiger partial charge in [0.05, 0.1) is 0 Å². The number of carbonyl (C=O) groups is 1. The third kappa shape index (κ3) is 1.64. The standard InChI is InChI=1S/C11H9NO3/c12-5-8-4-7(6-15-8)11-9(13)2-1-3-10(11)14/h4,6,13H,1-3H2/p-1. The maximum atomic E-state index is 11.5. The van der Waals surface area contributed by atoms with Gasteiger partial charge in [0, 0.05) is 23.6 Å². The summed E-state index contributed by atoms with van der Waals surface area (Å²) in [4.78, 5) is 11.5. The Labute approximate surface area is 86.4 Å². The van der Waals surface area contributed by atoms with Crippen LogP contribution in [-0.2, 0) is 4.79 Å². The fourth-order valence-electron chi connectivity index (χ4n) is 1.66. The Hall–Kier alpha value is -2.02. The van der Waals surface area contributed by atoms with Crippen molar-refractivity contribution in [2.24, 2.45) is 0 Å². The van der Waals surface area contributed by atoms with E-state index in [2.05, 4.69) is 0 Å². The first-order valence-corrected chi connectivity index (χ1v) is 4.64. The zero-order valence-corrected chi connectivity index (χ0v) is 7.95. The average Bonchev–Trinajstić information content (AvgIpc) is 2.66. The van der Waals surface area contributed by atoms with E-state index in [1.54, 1.807) is 0 Å². The van der Waals surface area contributed by atoms with E-state index in [-0.39, 0.29) is 22.9 Å². The summed E-state index contributed by atoms with van der Waals surface area (Å²) in [7, 11) is 0. The third-order valence-electron chi connectivity index (χ3n) is 2.36. The fraction of sp³-hybridized carbons (Fsp3) is 0.273. The van der Waals surface area contributed by atoms with Crippen molar-refractivity contribution in [3.63, 3.8) is 0 Å². The van der Waals surface area contributed by atoms with E-state index in [0.29, 0.717) is 24.8 Å². The van der Waals surface area contributed by atoms with E-state index in [9.17, 15) is 9.90 Å². The molecule has 0 fully saturated rings. The lowest BCUT2D eigenvalue weighted by atomic mass is 9.92. The Balaban J connectivity index is 2.45. The first kappa shape index (κ1) is 9.53. The van der Waals surface area contributed by atoms with Gasteiger partial charge in [-0.25, -0.2) is 0 Å². The second-order valence-electron chi connectivity index (χ2n) is 3.39. The first-order chi connectivity index (χ1) is 7.22. The van der Waals surface area contributed by atoms with Crippen LogP contribution in [0.1, 0.15) is 30.6 Å². The number of allylic oxidation sites excluding steroid dienone is 2. The van der Waals surface area contributed by atoms with Gasteiger partial charge in [-0.1, -0.05) is 0 Å². The topological polar surface area (TPSA) is 77.1 Å². The van der Waals surface area contributed by atoms with Crippen LogP contribution < -0.4 is 5.11 Å². The number of nitrogens with zero attached hydrogens (tertiary/aromatic N) is 1. The largest absolute Gasteiger partial charge is 0.875 e. The summed E-state index contributed by atoms with van der Waals surface area (Å²) in [6.45, 7) is 0. The number of rotatable bonds is 1. The van der Waals surface area contributed by atoms with Gasteiger partial charge in [-0.2, -0.15) is 5.26 Å². The summed E-state index contributed by atoms with van der Waals surface area (Å²) in [5, 5.41) is 20.1. The Morgan fingerprint density at radius 1 is 1.47 bits per heavy atom. The highest BCUT2D eigenvalue weighted by Gasteiger charge is 2.18. The Kier molecular flexibility index (Phi) is 2.30. The van der Waals surface area contributed by atoms with Gasteiger partial charge in [0.15, 0.2) is 5.78 Å². The van der Waals surface area contributed by atoms with Crippen molar-refractivity contribution in [1.82, 2.24) is 0 Å². The van der Waals surface area contributed by atoms with Crippen LogP contribution in [-0.4, -0.2) is 5.78 Å². The van der Waals surface area contributed by atoms with Gasteiger partial charge in [-0.15, -0.1) is 5.76 Å². The molecular formula is C11H8NO3-. The van der Waals surface area contributed by atoms with Crippen LogP contribution >= 0.6 is 0 Å². The summed E-state index contributed by atoms with van der Waals surface area (Å²) >= 11 is 0. The van der Waals surface area contributed by atoms with Crippen molar-refractivity contribution in [3.8, 4) is 6.07 Å². The number of nitriles is 1. The second kappa shape index (κ2) is 3.62. The molecule has 0 bridgehead atoms. The maximum absolute atomic E-state index is 11.5. The normalized spacial score (nSPS) is 16.6. The molecule has 1 aliphatic rings. The van der Waals surface area contributed by atoms with Gasteiger partial charge in [-0.05, 0) is 12.8 Å². The van der Waals surface area contributed by atoms with Gasteiger partial charge >= 0.3 is 0 Å². The molecule has 0 unspecified atom stereocenters.